The van der Waals surface area contributed by atoms with Gasteiger partial charge in [0.2, 0.25) is 5.91 Å². The second kappa shape index (κ2) is 5.58. The van der Waals surface area contributed by atoms with Crippen molar-refractivity contribution in [1.82, 2.24) is 4.90 Å². The van der Waals surface area contributed by atoms with E-state index in [0.717, 1.165) is 31.7 Å². The predicted molar refractivity (Wildman–Crippen MR) is 83.6 cm³/mol. The topological polar surface area (TPSA) is 72.4 Å². The van der Waals surface area contributed by atoms with Crippen LogP contribution in [0.25, 0.3) is 0 Å². The maximum absolute atomic E-state index is 11.1. The van der Waals surface area contributed by atoms with Crippen molar-refractivity contribution in [3.8, 4) is 0 Å². The molecule has 4 nitrogen and oxygen atoms in total. The smallest absolute Gasteiger partial charge is 0.248 e. The minimum Gasteiger partial charge on any atom is -0.398 e. The summed E-state index contributed by atoms with van der Waals surface area (Å²) in [6, 6.07) is 13.6. The zero-order valence-electron chi connectivity index (χ0n) is 11.9. The van der Waals surface area contributed by atoms with Gasteiger partial charge in [0, 0.05) is 30.9 Å². The first kappa shape index (κ1) is 13.6. The monoisotopic (exact) mass is 281 g/mol. The van der Waals surface area contributed by atoms with Crippen LogP contribution in [0, 0.1) is 0 Å². The molecule has 1 aliphatic heterocycles. The quantitative estimate of drug-likeness (QED) is 0.844. The number of nitrogen functional groups attached to an aromatic ring is 1. The van der Waals surface area contributed by atoms with Crippen LogP contribution in [0.3, 0.4) is 0 Å². The fourth-order valence-corrected chi connectivity index (χ4v) is 2.86. The Hall–Kier alpha value is -2.33. The molecule has 4 N–H and O–H groups in total. The van der Waals surface area contributed by atoms with Gasteiger partial charge >= 0.3 is 0 Å². The first-order chi connectivity index (χ1) is 10.1. The normalized spacial score (nSPS) is 14.7. The van der Waals surface area contributed by atoms with Crippen molar-refractivity contribution in [3.63, 3.8) is 0 Å². The molecule has 0 aliphatic carbocycles. The van der Waals surface area contributed by atoms with E-state index in [0.29, 0.717) is 5.56 Å². The lowest BCUT2D eigenvalue weighted by atomic mass is 9.97. The number of carbonyl (C=O) groups is 1. The van der Waals surface area contributed by atoms with Gasteiger partial charge in [-0.3, -0.25) is 9.69 Å². The fraction of sp³-hybridized carbons (Fsp3) is 0.235. The van der Waals surface area contributed by atoms with Gasteiger partial charge in [-0.1, -0.05) is 24.3 Å². The molecule has 1 aliphatic rings. The average Bonchev–Trinajstić information content (AvgIpc) is 2.48. The minimum atomic E-state index is -0.385. The van der Waals surface area contributed by atoms with E-state index in [1.807, 2.05) is 24.3 Å². The molecule has 108 valence electrons. The van der Waals surface area contributed by atoms with Crippen molar-refractivity contribution in [2.24, 2.45) is 5.73 Å². The summed E-state index contributed by atoms with van der Waals surface area (Å²) in [5.74, 6) is -0.385. The van der Waals surface area contributed by atoms with Crippen LogP contribution in [-0.2, 0) is 19.5 Å². The average molecular weight is 281 g/mol. The number of hydrogen-bond acceptors (Lipinski definition) is 3. The first-order valence-electron chi connectivity index (χ1n) is 7.11. The molecule has 0 fully saturated rings. The van der Waals surface area contributed by atoms with Crippen LogP contribution in [0.4, 0.5) is 5.69 Å². The van der Waals surface area contributed by atoms with Crippen LogP contribution in [0.2, 0.25) is 0 Å². The number of anilines is 1. The zero-order chi connectivity index (χ0) is 14.8. The summed E-state index contributed by atoms with van der Waals surface area (Å²) in [7, 11) is 0. The van der Waals surface area contributed by atoms with Gasteiger partial charge in [0.1, 0.15) is 0 Å². The molecule has 0 radical (unpaired) electrons. The van der Waals surface area contributed by atoms with E-state index in [1.165, 1.54) is 16.7 Å². The minimum absolute atomic E-state index is 0.385. The third kappa shape index (κ3) is 2.90. The lowest BCUT2D eigenvalue weighted by molar-refractivity contribution is 0.100. The number of nitrogens with zero attached hydrogens (tertiary/aromatic N) is 1. The van der Waals surface area contributed by atoms with Gasteiger partial charge < -0.3 is 11.5 Å². The molecule has 0 saturated carbocycles. The highest BCUT2D eigenvalue weighted by Gasteiger charge is 2.17. The number of benzene rings is 2. The number of fused-ring (bicyclic) bond motifs is 1. The molecule has 0 atom stereocenters. The van der Waals surface area contributed by atoms with Crippen molar-refractivity contribution in [2.45, 2.75) is 19.5 Å². The Labute approximate surface area is 124 Å². The molecule has 21 heavy (non-hydrogen) atoms. The van der Waals surface area contributed by atoms with Gasteiger partial charge in [0.25, 0.3) is 0 Å². The number of hydrogen-bond donors (Lipinski definition) is 2. The van der Waals surface area contributed by atoms with Crippen molar-refractivity contribution in [1.29, 1.82) is 0 Å². The van der Waals surface area contributed by atoms with Crippen molar-refractivity contribution in [2.75, 3.05) is 12.3 Å². The van der Waals surface area contributed by atoms with Crippen LogP contribution >= 0.6 is 0 Å². The Morgan fingerprint density at radius 1 is 1.14 bits per heavy atom. The third-order valence-corrected chi connectivity index (χ3v) is 4.03. The second-order valence-electron chi connectivity index (χ2n) is 5.51. The zero-order valence-corrected chi connectivity index (χ0v) is 11.9. The van der Waals surface area contributed by atoms with Crippen molar-refractivity contribution in [3.05, 3.63) is 64.7 Å². The van der Waals surface area contributed by atoms with E-state index < -0.39 is 0 Å². The highest BCUT2D eigenvalue weighted by Crippen LogP contribution is 2.25. The highest BCUT2D eigenvalue weighted by molar-refractivity contribution is 5.92. The fourth-order valence-electron chi connectivity index (χ4n) is 2.86. The largest absolute Gasteiger partial charge is 0.398 e. The van der Waals surface area contributed by atoms with E-state index in [-0.39, 0.29) is 5.91 Å². The van der Waals surface area contributed by atoms with Crippen LogP contribution in [-0.4, -0.2) is 17.4 Å². The summed E-state index contributed by atoms with van der Waals surface area (Å²) < 4.78 is 0. The Kier molecular flexibility index (Phi) is 3.62. The molecule has 0 saturated heterocycles. The lowest BCUT2D eigenvalue weighted by Crippen LogP contribution is -2.30. The number of carbonyl (C=O) groups excluding carboxylic acids is 1. The number of nitrogens with two attached hydrogens (primary N) is 2. The Morgan fingerprint density at radius 3 is 2.62 bits per heavy atom. The summed E-state index contributed by atoms with van der Waals surface area (Å²) in [5, 5.41) is 0. The standard InChI is InChI=1S/C17H19N3O/c18-16-3-1-2-14-11-20(9-8-15(14)16)10-12-4-6-13(7-5-12)17(19)21/h1-7H,8-11,18H2,(H2,19,21). The van der Waals surface area contributed by atoms with Crippen LogP contribution < -0.4 is 11.5 Å². The SMILES string of the molecule is NC(=O)c1ccc(CN2CCc3c(N)cccc3C2)cc1. The van der Waals surface area contributed by atoms with Crippen molar-refractivity contribution < 1.29 is 4.79 Å². The third-order valence-electron chi connectivity index (χ3n) is 4.03. The number of amides is 1. The summed E-state index contributed by atoms with van der Waals surface area (Å²) in [4.78, 5) is 13.5. The highest BCUT2D eigenvalue weighted by atomic mass is 16.1. The summed E-state index contributed by atoms with van der Waals surface area (Å²) in [5.41, 5.74) is 16.5. The predicted octanol–water partition coefficient (Wildman–Crippen LogP) is 1.93. The molecule has 2 aromatic carbocycles. The summed E-state index contributed by atoms with van der Waals surface area (Å²) in [6.45, 7) is 2.78. The van der Waals surface area contributed by atoms with Gasteiger partial charge in [-0.25, -0.2) is 0 Å². The Morgan fingerprint density at radius 2 is 1.90 bits per heavy atom. The molecule has 0 bridgehead atoms. The van der Waals surface area contributed by atoms with E-state index in [4.69, 9.17) is 11.5 Å². The van der Waals surface area contributed by atoms with E-state index >= 15 is 0 Å². The van der Waals surface area contributed by atoms with E-state index in [9.17, 15) is 4.79 Å². The lowest BCUT2D eigenvalue weighted by Gasteiger charge is -2.29. The first-order valence-corrected chi connectivity index (χ1v) is 7.11. The maximum atomic E-state index is 11.1. The molecule has 3 rings (SSSR count). The number of rotatable bonds is 3. The van der Waals surface area contributed by atoms with Crippen LogP contribution in [0.5, 0.6) is 0 Å². The van der Waals surface area contributed by atoms with Crippen molar-refractivity contribution >= 4 is 11.6 Å². The molecule has 1 heterocycles. The molecular weight excluding hydrogens is 262 g/mol. The molecule has 0 aromatic heterocycles. The maximum Gasteiger partial charge on any atom is 0.248 e. The summed E-state index contributed by atoms with van der Waals surface area (Å²) >= 11 is 0. The van der Waals surface area contributed by atoms with Gasteiger partial charge in [-0.15, -0.1) is 0 Å². The number of primary amides is 1. The summed E-state index contributed by atoms with van der Waals surface area (Å²) in [6.07, 6.45) is 0.987. The van der Waals surface area contributed by atoms with Gasteiger partial charge in [-0.05, 0) is 41.3 Å². The van der Waals surface area contributed by atoms with E-state index in [1.54, 1.807) is 12.1 Å². The van der Waals surface area contributed by atoms with Crippen LogP contribution in [0.1, 0.15) is 27.0 Å². The van der Waals surface area contributed by atoms with Gasteiger partial charge in [-0.2, -0.15) is 0 Å². The second-order valence-corrected chi connectivity index (χ2v) is 5.51. The molecule has 0 spiro atoms. The molecule has 0 unspecified atom stereocenters. The molecule has 1 amide bonds. The molecule has 4 heteroatoms. The molecule has 2 aromatic rings. The Bertz CT molecular complexity index is 664. The van der Waals surface area contributed by atoms with E-state index in [2.05, 4.69) is 11.0 Å². The molecular formula is C17H19N3O. The van der Waals surface area contributed by atoms with Gasteiger partial charge in [0.05, 0.1) is 0 Å². The van der Waals surface area contributed by atoms with Crippen LogP contribution in [0.15, 0.2) is 42.5 Å². The Balaban J connectivity index is 1.71. The van der Waals surface area contributed by atoms with Gasteiger partial charge in [0.15, 0.2) is 0 Å².